The molecule has 194 valence electrons. The molecule has 2 rings (SSSR count). The molecule has 1 aliphatic rings. The Balaban J connectivity index is 1.49. The van der Waals surface area contributed by atoms with Gasteiger partial charge in [0.25, 0.3) is 5.91 Å². The van der Waals surface area contributed by atoms with Gasteiger partial charge in [-0.05, 0) is 38.3 Å². The Hall–Kier alpha value is -1.14. The number of alkyl halides is 1. The first-order chi connectivity index (χ1) is 16.7. The fourth-order valence-corrected chi connectivity index (χ4v) is 5.05. The highest BCUT2D eigenvalue weighted by Crippen LogP contribution is 2.16. The van der Waals surface area contributed by atoms with Crippen LogP contribution in [0.3, 0.4) is 0 Å². The van der Waals surface area contributed by atoms with Gasteiger partial charge in [-0.2, -0.15) is 0 Å². The van der Waals surface area contributed by atoms with E-state index in [0.717, 1.165) is 50.3 Å². The number of nitrogens with zero attached hydrogens (tertiary/aromatic N) is 3. The lowest BCUT2D eigenvalue weighted by atomic mass is 10.1. The summed E-state index contributed by atoms with van der Waals surface area (Å²) in [6, 6.07) is 4.56. The van der Waals surface area contributed by atoms with Crippen molar-refractivity contribution in [3.63, 3.8) is 0 Å². The van der Waals surface area contributed by atoms with Crippen LogP contribution in [0.15, 0.2) is 18.3 Å². The summed E-state index contributed by atoms with van der Waals surface area (Å²) in [6.45, 7) is 9.47. The number of carbonyl (C=O) groups is 1. The van der Waals surface area contributed by atoms with Gasteiger partial charge in [0.1, 0.15) is 5.82 Å². The number of amides is 1. The summed E-state index contributed by atoms with van der Waals surface area (Å²) in [5, 5.41) is 4.21. The van der Waals surface area contributed by atoms with Crippen LogP contribution >= 0.6 is 15.9 Å². The highest BCUT2D eigenvalue weighted by atomic mass is 79.9. The van der Waals surface area contributed by atoms with E-state index < -0.39 is 0 Å². The van der Waals surface area contributed by atoms with Crippen LogP contribution in [0.4, 0.5) is 5.82 Å². The molecule has 1 amide bonds. The van der Waals surface area contributed by atoms with E-state index in [0.29, 0.717) is 11.6 Å². The van der Waals surface area contributed by atoms with Crippen molar-refractivity contribution in [3.05, 3.63) is 23.9 Å². The average Bonchev–Trinajstić information content (AvgIpc) is 2.88. The smallest absolute Gasteiger partial charge is 0.252 e. The molecule has 0 radical (unpaired) electrons. The molecule has 1 fully saturated rings. The molecular formula is C28H49BrN4O. The van der Waals surface area contributed by atoms with E-state index in [9.17, 15) is 4.79 Å². The average molecular weight is 538 g/mol. The number of halogens is 1. The molecule has 1 unspecified atom stereocenters. The van der Waals surface area contributed by atoms with Crippen LogP contribution in [0.5, 0.6) is 0 Å². The number of carbonyl (C=O) groups excluding carboxylic acids is 1. The van der Waals surface area contributed by atoms with Gasteiger partial charge in [-0.3, -0.25) is 9.69 Å². The summed E-state index contributed by atoms with van der Waals surface area (Å²) in [5.41, 5.74) is 0.661. The number of nitrogens with one attached hydrogen (secondary N) is 1. The maximum Gasteiger partial charge on any atom is 0.252 e. The fourth-order valence-electron chi connectivity index (χ4n) is 4.65. The van der Waals surface area contributed by atoms with E-state index in [1.165, 1.54) is 77.0 Å². The number of rotatable bonds is 18. The Morgan fingerprint density at radius 1 is 0.912 bits per heavy atom. The minimum atomic E-state index is -0.00299. The van der Waals surface area contributed by atoms with Crippen LogP contribution in [0.2, 0.25) is 0 Å². The maximum absolute atomic E-state index is 12.4. The molecule has 0 spiro atoms. The molecule has 0 saturated carbocycles. The summed E-state index contributed by atoms with van der Waals surface area (Å²) in [6.07, 6.45) is 18.8. The van der Waals surface area contributed by atoms with Crippen LogP contribution < -0.4 is 10.2 Å². The van der Waals surface area contributed by atoms with Gasteiger partial charge < -0.3 is 10.2 Å². The molecule has 1 aliphatic heterocycles. The van der Waals surface area contributed by atoms with Gasteiger partial charge in [-0.25, -0.2) is 4.98 Å². The van der Waals surface area contributed by atoms with E-state index >= 15 is 0 Å². The largest absolute Gasteiger partial charge is 0.354 e. The first kappa shape index (κ1) is 29.1. The van der Waals surface area contributed by atoms with Gasteiger partial charge in [0.15, 0.2) is 0 Å². The van der Waals surface area contributed by atoms with E-state index in [-0.39, 0.29) is 5.91 Å². The van der Waals surface area contributed by atoms with Gasteiger partial charge >= 0.3 is 0 Å². The molecule has 34 heavy (non-hydrogen) atoms. The number of unbranched alkanes of at least 4 members (excludes halogenated alkanes) is 11. The van der Waals surface area contributed by atoms with Gasteiger partial charge in [0.2, 0.25) is 0 Å². The van der Waals surface area contributed by atoms with E-state index in [4.69, 9.17) is 0 Å². The second kappa shape index (κ2) is 18.2. The maximum atomic E-state index is 12.4. The highest BCUT2D eigenvalue weighted by Gasteiger charge is 2.21. The lowest BCUT2D eigenvalue weighted by Crippen LogP contribution is -2.49. The Morgan fingerprint density at radius 2 is 1.47 bits per heavy atom. The van der Waals surface area contributed by atoms with Gasteiger partial charge in [0, 0.05) is 50.3 Å². The molecule has 1 aromatic rings. The van der Waals surface area contributed by atoms with Crippen molar-refractivity contribution in [2.24, 2.45) is 0 Å². The summed E-state index contributed by atoms with van der Waals surface area (Å²) in [5.74, 6) is 0.979. The summed E-state index contributed by atoms with van der Waals surface area (Å²) in [7, 11) is 0. The van der Waals surface area contributed by atoms with Crippen molar-refractivity contribution in [2.75, 3.05) is 43.0 Å². The number of anilines is 1. The molecule has 5 nitrogen and oxygen atoms in total. The van der Waals surface area contributed by atoms with Crippen molar-refractivity contribution in [1.82, 2.24) is 15.2 Å². The number of hydrogen-bond donors (Lipinski definition) is 1. The quantitative estimate of drug-likeness (QED) is 0.165. The van der Waals surface area contributed by atoms with Gasteiger partial charge in [0.05, 0.1) is 5.56 Å². The minimum Gasteiger partial charge on any atom is -0.354 e. The second-order valence-electron chi connectivity index (χ2n) is 9.87. The van der Waals surface area contributed by atoms with Crippen molar-refractivity contribution in [2.45, 2.75) is 103 Å². The molecule has 2 heterocycles. The molecule has 1 N–H and O–H groups in total. The topological polar surface area (TPSA) is 48.5 Å². The van der Waals surface area contributed by atoms with Crippen molar-refractivity contribution >= 4 is 27.7 Å². The SMILES string of the molecule is CCC(C)N1CCN(c2ccc(C(=O)NCCCCCCCCCCCCCCBr)cn2)CC1. The highest BCUT2D eigenvalue weighted by molar-refractivity contribution is 9.09. The predicted octanol–water partition coefficient (Wildman–Crippen LogP) is 6.81. The zero-order chi connectivity index (χ0) is 24.4. The molecule has 0 bridgehead atoms. The van der Waals surface area contributed by atoms with E-state index in [1.807, 2.05) is 12.1 Å². The molecule has 0 aliphatic carbocycles. The second-order valence-corrected chi connectivity index (χ2v) is 10.7. The standard InChI is InChI=1S/C28H49BrN4O/c1-3-25(2)32-20-22-33(23-21-32)27-17-16-26(24-31-27)28(34)30-19-15-13-11-9-7-5-4-6-8-10-12-14-18-29/h16-17,24-25H,3-15,18-23H2,1-2H3,(H,30,34). The van der Waals surface area contributed by atoms with Crippen LogP contribution in [0.25, 0.3) is 0 Å². The lowest BCUT2D eigenvalue weighted by molar-refractivity contribution is 0.0952. The van der Waals surface area contributed by atoms with E-state index in [1.54, 1.807) is 6.20 Å². The first-order valence-corrected chi connectivity index (χ1v) is 15.1. The number of hydrogen-bond acceptors (Lipinski definition) is 4. The summed E-state index contributed by atoms with van der Waals surface area (Å²) in [4.78, 5) is 21.9. The summed E-state index contributed by atoms with van der Waals surface area (Å²) >= 11 is 3.50. The molecule has 1 atom stereocenters. The predicted molar refractivity (Wildman–Crippen MR) is 149 cm³/mol. The Morgan fingerprint density at radius 3 is 1.97 bits per heavy atom. The third-order valence-corrected chi connectivity index (χ3v) is 7.77. The Kier molecular flexibility index (Phi) is 15.6. The number of pyridine rings is 1. The fraction of sp³-hybridized carbons (Fsp3) is 0.786. The third kappa shape index (κ3) is 11.5. The molecule has 1 saturated heterocycles. The Labute approximate surface area is 217 Å². The molecule has 1 aromatic heterocycles. The number of aromatic nitrogens is 1. The third-order valence-electron chi connectivity index (χ3n) is 7.21. The zero-order valence-corrected chi connectivity index (χ0v) is 23.5. The molecular weight excluding hydrogens is 488 g/mol. The molecule has 6 heteroatoms. The van der Waals surface area contributed by atoms with Gasteiger partial charge in [-0.15, -0.1) is 0 Å². The summed E-state index contributed by atoms with van der Waals surface area (Å²) < 4.78 is 0. The van der Waals surface area contributed by atoms with E-state index in [2.05, 4.69) is 49.9 Å². The van der Waals surface area contributed by atoms with Crippen molar-refractivity contribution < 1.29 is 4.79 Å². The molecule has 0 aromatic carbocycles. The van der Waals surface area contributed by atoms with Gasteiger partial charge in [-0.1, -0.05) is 87.1 Å². The van der Waals surface area contributed by atoms with Crippen LogP contribution in [-0.2, 0) is 0 Å². The van der Waals surface area contributed by atoms with Crippen molar-refractivity contribution in [1.29, 1.82) is 0 Å². The van der Waals surface area contributed by atoms with Crippen LogP contribution in [0, 0.1) is 0 Å². The lowest BCUT2D eigenvalue weighted by Gasteiger charge is -2.38. The zero-order valence-electron chi connectivity index (χ0n) is 21.9. The minimum absolute atomic E-state index is 0.00299. The first-order valence-electron chi connectivity index (χ1n) is 13.9. The number of piperazine rings is 1. The monoisotopic (exact) mass is 536 g/mol. The normalized spacial score (nSPS) is 15.4. The van der Waals surface area contributed by atoms with Crippen LogP contribution in [0.1, 0.15) is 108 Å². The van der Waals surface area contributed by atoms with Crippen molar-refractivity contribution in [3.8, 4) is 0 Å². The van der Waals surface area contributed by atoms with Crippen LogP contribution in [-0.4, -0.2) is 59.9 Å². The Bertz CT molecular complexity index is 646.